The van der Waals surface area contributed by atoms with Crippen LogP contribution in [0.4, 0.5) is 0 Å². The van der Waals surface area contributed by atoms with Crippen LogP contribution in [0.5, 0.6) is 5.75 Å². The minimum Gasteiger partial charge on any atom is -0.508 e. The Morgan fingerprint density at radius 2 is 1.76 bits per heavy atom. The molecule has 2 nitrogen and oxygen atoms in total. The summed E-state index contributed by atoms with van der Waals surface area (Å²) in [5, 5.41) is 13.6. The number of hydrogen-bond donors (Lipinski definition) is 2. The topological polar surface area (TPSA) is 32.3 Å². The van der Waals surface area contributed by atoms with E-state index in [0.717, 1.165) is 17.5 Å². The second-order valence-electron chi connectivity index (χ2n) is 5.98. The summed E-state index contributed by atoms with van der Waals surface area (Å²) < 4.78 is 0. The highest BCUT2D eigenvalue weighted by Gasteiger charge is 2.13. The van der Waals surface area contributed by atoms with Gasteiger partial charge in [0.15, 0.2) is 0 Å². The first-order valence-corrected chi connectivity index (χ1v) is 7.57. The van der Waals surface area contributed by atoms with Crippen molar-refractivity contribution in [2.45, 2.75) is 46.2 Å². The summed E-state index contributed by atoms with van der Waals surface area (Å²) in [6, 6.07) is 14.8. The molecule has 2 aromatic carbocycles. The molecule has 0 heterocycles. The number of aryl methyl sites for hydroxylation is 2. The lowest BCUT2D eigenvalue weighted by Gasteiger charge is -2.22. The lowest BCUT2D eigenvalue weighted by molar-refractivity contribution is 0.433. The first-order valence-electron chi connectivity index (χ1n) is 7.57. The summed E-state index contributed by atoms with van der Waals surface area (Å²) >= 11 is 0. The fourth-order valence-corrected chi connectivity index (χ4v) is 2.76. The molecule has 0 saturated carbocycles. The second kappa shape index (κ2) is 6.77. The van der Waals surface area contributed by atoms with Gasteiger partial charge >= 0.3 is 0 Å². The van der Waals surface area contributed by atoms with Crippen molar-refractivity contribution in [2.75, 3.05) is 0 Å². The van der Waals surface area contributed by atoms with E-state index in [1.165, 1.54) is 11.1 Å². The zero-order chi connectivity index (χ0) is 15.4. The lowest BCUT2D eigenvalue weighted by Crippen LogP contribution is -2.31. The average molecular weight is 283 g/mol. The Labute approximate surface area is 127 Å². The van der Waals surface area contributed by atoms with E-state index in [4.69, 9.17) is 0 Å². The number of phenols is 1. The van der Waals surface area contributed by atoms with Crippen LogP contribution in [0.15, 0.2) is 42.5 Å². The van der Waals surface area contributed by atoms with Crippen LogP contribution < -0.4 is 5.32 Å². The van der Waals surface area contributed by atoms with Crippen LogP contribution in [0, 0.1) is 13.8 Å². The normalized spacial score (nSPS) is 13.9. The molecule has 0 amide bonds. The molecule has 0 aliphatic rings. The van der Waals surface area contributed by atoms with Gasteiger partial charge in [0.25, 0.3) is 0 Å². The predicted molar refractivity (Wildman–Crippen MR) is 88.7 cm³/mol. The SMILES string of the molecule is Cc1ccc(C(C)NC(C)Cc2ccccc2C)c(O)c1. The molecule has 0 fully saturated rings. The number of aromatic hydroxyl groups is 1. The van der Waals surface area contributed by atoms with E-state index < -0.39 is 0 Å². The van der Waals surface area contributed by atoms with Crippen molar-refractivity contribution in [3.63, 3.8) is 0 Å². The third-order valence-corrected chi connectivity index (χ3v) is 3.97. The summed E-state index contributed by atoms with van der Waals surface area (Å²) in [5.41, 5.74) is 4.74. The number of benzene rings is 2. The summed E-state index contributed by atoms with van der Waals surface area (Å²) in [5.74, 6) is 0.373. The molecule has 0 aliphatic heterocycles. The predicted octanol–water partition coefficient (Wildman–Crippen LogP) is 4.29. The van der Waals surface area contributed by atoms with Crippen LogP contribution in [0.3, 0.4) is 0 Å². The molecule has 2 rings (SSSR count). The van der Waals surface area contributed by atoms with Gasteiger partial charge in [-0.05, 0) is 56.9 Å². The average Bonchev–Trinajstić information content (AvgIpc) is 2.41. The Morgan fingerprint density at radius 3 is 2.43 bits per heavy atom. The third-order valence-electron chi connectivity index (χ3n) is 3.97. The first-order chi connectivity index (χ1) is 9.97. The number of rotatable bonds is 5. The Hall–Kier alpha value is -1.80. The van der Waals surface area contributed by atoms with Crippen molar-refractivity contribution in [3.05, 3.63) is 64.7 Å². The first kappa shape index (κ1) is 15.6. The molecule has 2 unspecified atom stereocenters. The molecule has 0 bridgehead atoms. The molecular weight excluding hydrogens is 258 g/mol. The van der Waals surface area contributed by atoms with Crippen molar-refractivity contribution in [2.24, 2.45) is 0 Å². The van der Waals surface area contributed by atoms with Gasteiger partial charge in [-0.25, -0.2) is 0 Å². The molecule has 0 spiro atoms. The van der Waals surface area contributed by atoms with Gasteiger partial charge in [-0.3, -0.25) is 0 Å². The van der Waals surface area contributed by atoms with Crippen LogP contribution >= 0.6 is 0 Å². The number of nitrogens with one attached hydrogen (secondary N) is 1. The van der Waals surface area contributed by atoms with Gasteiger partial charge in [0, 0.05) is 17.6 Å². The van der Waals surface area contributed by atoms with Crippen molar-refractivity contribution in [1.82, 2.24) is 5.32 Å². The van der Waals surface area contributed by atoms with Crippen LogP contribution in [0.1, 0.15) is 42.1 Å². The highest BCUT2D eigenvalue weighted by atomic mass is 16.3. The van der Waals surface area contributed by atoms with Crippen LogP contribution in [0.25, 0.3) is 0 Å². The van der Waals surface area contributed by atoms with Crippen LogP contribution in [-0.2, 0) is 6.42 Å². The number of hydrogen-bond acceptors (Lipinski definition) is 2. The van der Waals surface area contributed by atoms with Crippen LogP contribution in [0.2, 0.25) is 0 Å². The zero-order valence-corrected chi connectivity index (χ0v) is 13.4. The Kier molecular flexibility index (Phi) is 5.03. The van der Waals surface area contributed by atoms with Gasteiger partial charge in [0.1, 0.15) is 5.75 Å². The summed E-state index contributed by atoms with van der Waals surface area (Å²) in [6.07, 6.45) is 0.990. The van der Waals surface area contributed by atoms with E-state index in [0.29, 0.717) is 11.8 Å². The monoisotopic (exact) mass is 283 g/mol. The highest BCUT2D eigenvalue weighted by Crippen LogP contribution is 2.25. The maximum atomic E-state index is 10.1. The fraction of sp³-hybridized carbons (Fsp3) is 0.368. The van der Waals surface area contributed by atoms with Gasteiger partial charge in [0.2, 0.25) is 0 Å². The molecule has 2 heteroatoms. The van der Waals surface area contributed by atoms with Crippen molar-refractivity contribution in [1.29, 1.82) is 0 Å². The van der Waals surface area contributed by atoms with Gasteiger partial charge in [-0.2, -0.15) is 0 Å². The molecule has 21 heavy (non-hydrogen) atoms. The second-order valence-corrected chi connectivity index (χ2v) is 5.98. The van der Waals surface area contributed by atoms with Crippen molar-refractivity contribution in [3.8, 4) is 5.75 Å². The molecule has 0 saturated heterocycles. The van der Waals surface area contributed by atoms with E-state index in [-0.39, 0.29) is 6.04 Å². The van der Waals surface area contributed by atoms with E-state index >= 15 is 0 Å². The van der Waals surface area contributed by atoms with Crippen molar-refractivity contribution >= 4 is 0 Å². The Bertz CT molecular complexity index is 606. The fourth-order valence-electron chi connectivity index (χ4n) is 2.76. The molecule has 0 aromatic heterocycles. The smallest absolute Gasteiger partial charge is 0.120 e. The summed E-state index contributed by atoms with van der Waals surface area (Å²) in [6.45, 7) is 8.42. The van der Waals surface area contributed by atoms with E-state index in [1.54, 1.807) is 0 Å². The Balaban J connectivity index is 2.02. The van der Waals surface area contributed by atoms with E-state index in [2.05, 4.69) is 50.4 Å². The van der Waals surface area contributed by atoms with Gasteiger partial charge in [-0.15, -0.1) is 0 Å². The highest BCUT2D eigenvalue weighted by molar-refractivity contribution is 5.38. The van der Waals surface area contributed by atoms with Gasteiger partial charge in [-0.1, -0.05) is 36.4 Å². The quantitative estimate of drug-likeness (QED) is 0.858. The Morgan fingerprint density at radius 1 is 1.05 bits per heavy atom. The largest absolute Gasteiger partial charge is 0.508 e. The van der Waals surface area contributed by atoms with Gasteiger partial charge < -0.3 is 10.4 Å². The molecular formula is C19H25NO. The molecule has 2 atom stereocenters. The number of phenolic OH excluding ortho intramolecular Hbond substituents is 1. The molecule has 112 valence electrons. The van der Waals surface area contributed by atoms with Crippen molar-refractivity contribution < 1.29 is 5.11 Å². The minimum absolute atomic E-state index is 0.129. The lowest BCUT2D eigenvalue weighted by atomic mass is 10.00. The molecule has 0 aliphatic carbocycles. The minimum atomic E-state index is 0.129. The maximum Gasteiger partial charge on any atom is 0.120 e. The summed E-state index contributed by atoms with van der Waals surface area (Å²) in [7, 11) is 0. The zero-order valence-electron chi connectivity index (χ0n) is 13.4. The maximum absolute atomic E-state index is 10.1. The molecule has 2 N–H and O–H groups in total. The molecule has 0 radical (unpaired) electrons. The third kappa shape index (κ3) is 4.08. The van der Waals surface area contributed by atoms with Crippen LogP contribution in [-0.4, -0.2) is 11.1 Å². The van der Waals surface area contributed by atoms with E-state index in [1.807, 2.05) is 25.1 Å². The van der Waals surface area contributed by atoms with Gasteiger partial charge in [0.05, 0.1) is 0 Å². The standard InChI is InChI=1S/C19H25NO/c1-13-9-10-18(19(21)11-13)16(4)20-15(3)12-17-8-6-5-7-14(17)2/h5-11,15-16,20-21H,12H2,1-4H3. The molecule has 2 aromatic rings. The van der Waals surface area contributed by atoms with E-state index in [9.17, 15) is 5.11 Å². The summed E-state index contributed by atoms with van der Waals surface area (Å²) in [4.78, 5) is 0.